The zero-order chi connectivity index (χ0) is 8.97. The summed E-state index contributed by atoms with van der Waals surface area (Å²) in [7, 11) is 0. The Morgan fingerprint density at radius 1 is 1.42 bits per heavy atom. The second-order valence-corrected chi connectivity index (χ2v) is 2.39. The van der Waals surface area contributed by atoms with Crippen molar-refractivity contribution in [3.05, 3.63) is 42.6 Å². The Balaban J connectivity index is 2.74. The van der Waals surface area contributed by atoms with Crippen LogP contribution < -0.4 is 5.32 Å². The number of amides is 1. The molecular weight excluding hydrogens is 157 g/mol. The fourth-order valence-electron chi connectivity index (χ4n) is 0.873. The average Bonchev–Trinajstić information content (AvgIpc) is 2.06. The molecule has 63 valence electrons. The predicted octanol–water partition coefficient (Wildman–Crippen LogP) is 1.45. The summed E-state index contributed by atoms with van der Waals surface area (Å²) >= 11 is 0. The number of carbonyl (C=O) groups is 1. The summed E-state index contributed by atoms with van der Waals surface area (Å²) in [5, 5.41) is 2.47. The Morgan fingerprint density at radius 2 is 2.00 bits per heavy atom. The molecule has 0 bridgehead atoms. The van der Waals surface area contributed by atoms with Crippen molar-refractivity contribution in [3.63, 3.8) is 0 Å². The van der Waals surface area contributed by atoms with E-state index in [0.717, 1.165) is 5.56 Å². The van der Waals surface area contributed by atoms with Gasteiger partial charge in [0.15, 0.2) is 0 Å². The molecule has 2 nitrogen and oxygen atoms in total. The maximum absolute atomic E-state index is 12.4. The van der Waals surface area contributed by atoms with E-state index >= 15 is 0 Å². The van der Waals surface area contributed by atoms with Crippen molar-refractivity contribution in [2.75, 3.05) is 0 Å². The average molecular weight is 166 g/mol. The topological polar surface area (TPSA) is 29.1 Å². The molecule has 1 N–H and O–H groups in total. The van der Waals surface area contributed by atoms with Crippen molar-refractivity contribution in [1.82, 2.24) is 5.32 Å². The zero-order valence-electron chi connectivity index (χ0n) is 6.46. The molecule has 0 aliphatic heterocycles. The van der Waals surface area contributed by atoms with Crippen LogP contribution >= 0.6 is 0 Å². The number of benzene rings is 1. The van der Waals surface area contributed by atoms with Crippen LogP contribution in [0.3, 0.4) is 0 Å². The number of halogens is 1. The monoisotopic (exact) mass is 166 g/mol. The third kappa shape index (κ3) is 2.05. The summed E-state index contributed by atoms with van der Waals surface area (Å²) in [4.78, 5) is 10.0. The molecule has 1 amide bonds. The second kappa shape index (κ2) is 3.85. The Morgan fingerprint density at radius 3 is 2.50 bits per heavy atom. The van der Waals surface area contributed by atoms with Crippen molar-refractivity contribution in [2.45, 2.75) is 6.04 Å². The first-order chi connectivity index (χ1) is 5.74. The van der Waals surface area contributed by atoms with Crippen LogP contribution in [0.15, 0.2) is 24.3 Å². The first-order valence-electron chi connectivity index (χ1n) is 3.52. The Labute approximate surface area is 70.4 Å². The maximum atomic E-state index is 12.4. The lowest BCUT2D eigenvalue weighted by atomic mass is 10.1. The van der Waals surface area contributed by atoms with E-state index in [2.05, 4.69) is 12.2 Å². The van der Waals surface area contributed by atoms with Crippen molar-refractivity contribution in [3.8, 4) is 0 Å². The highest BCUT2D eigenvalue weighted by Gasteiger charge is 2.02. The molecule has 0 saturated carbocycles. The highest BCUT2D eigenvalue weighted by atomic mass is 19.1. The van der Waals surface area contributed by atoms with E-state index in [1.165, 1.54) is 12.1 Å². The van der Waals surface area contributed by atoms with Gasteiger partial charge in [0.05, 0.1) is 6.04 Å². The normalized spacial score (nSPS) is 12.2. The molecule has 1 atom stereocenters. The molecule has 3 heteroatoms. The van der Waals surface area contributed by atoms with Crippen LogP contribution in [0.25, 0.3) is 0 Å². The quantitative estimate of drug-likeness (QED) is 0.676. The van der Waals surface area contributed by atoms with Crippen molar-refractivity contribution in [2.24, 2.45) is 0 Å². The van der Waals surface area contributed by atoms with Crippen LogP contribution in [0.5, 0.6) is 0 Å². The zero-order valence-corrected chi connectivity index (χ0v) is 6.46. The summed E-state index contributed by atoms with van der Waals surface area (Å²) in [5.74, 6) is -0.294. The standard InChI is InChI=1S/C9H9FNO/c1-7(11-6-12)8-2-4-9(10)5-3-8/h2-7H,1H2,(H,11,12). The van der Waals surface area contributed by atoms with E-state index in [-0.39, 0.29) is 11.9 Å². The van der Waals surface area contributed by atoms with Crippen LogP contribution in [-0.2, 0) is 4.79 Å². The smallest absolute Gasteiger partial charge is 0.207 e. The largest absolute Gasteiger partial charge is 0.352 e. The Bertz CT molecular complexity index is 258. The van der Waals surface area contributed by atoms with E-state index in [0.29, 0.717) is 6.41 Å². The third-order valence-electron chi connectivity index (χ3n) is 1.54. The van der Waals surface area contributed by atoms with Gasteiger partial charge in [-0.05, 0) is 24.6 Å². The summed E-state index contributed by atoms with van der Waals surface area (Å²) in [5.41, 5.74) is 0.781. The van der Waals surface area contributed by atoms with Crippen molar-refractivity contribution in [1.29, 1.82) is 0 Å². The van der Waals surface area contributed by atoms with Gasteiger partial charge < -0.3 is 5.32 Å². The number of hydrogen-bond donors (Lipinski definition) is 1. The van der Waals surface area contributed by atoms with Gasteiger partial charge in [-0.2, -0.15) is 0 Å². The molecule has 1 unspecified atom stereocenters. The first kappa shape index (κ1) is 8.71. The lowest BCUT2D eigenvalue weighted by Crippen LogP contribution is -2.16. The summed E-state index contributed by atoms with van der Waals surface area (Å²) in [6.07, 6.45) is 0.570. The molecule has 0 fully saturated rings. The van der Waals surface area contributed by atoms with Crippen LogP contribution in [-0.4, -0.2) is 6.41 Å². The third-order valence-corrected chi connectivity index (χ3v) is 1.54. The second-order valence-electron chi connectivity index (χ2n) is 2.39. The van der Waals surface area contributed by atoms with Gasteiger partial charge in [0, 0.05) is 0 Å². The molecule has 0 spiro atoms. The highest BCUT2D eigenvalue weighted by molar-refractivity contribution is 5.48. The number of rotatable bonds is 3. The van der Waals surface area contributed by atoms with Gasteiger partial charge in [0.2, 0.25) is 6.41 Å². The minimum absolute atomic E-state index is 0.294. The Hall–Kier alpha value is -1.38. The van der Waals surface area contributed by atoms with E-state index in [1.807, 2.05) is 0 Å². The van der Waals surface area contributed by atoms with E-state index in [9.17, 15) is 9.18 Å². The molecule has 0 heterocycles. The molecule has 0 aliphatic rings. The van der Waals surface area contributed by atoms with E-state index in [4.69, 9.17) is 0 Å². The fraction of sp³-hybridized carbons (Fsp3) is 0.111. The number of hydrogen-bond acceptors (Lipinski definition) is 1. The van der Waals surface area contributed by atoms with Gasteiger partial charge in [0.25, 0.3) is 0 Å². The van der Waals surface area contributed by atoms with Gasteiger partial charge in [-0.1, -0.05) is 12.1 Å². The van der Waals surface area contributed by atoms with Crippen LogP contribution in [0.4, 0.5) is 4.39 Å². The summed E-state index contributed by atoms with van der Waals surface area (Å²) in [6, 6.07) is 5.52. The van der Waals surface area contributed by atoms with Crippen molar-refractivity contribution < 1.29 is 9.18 Å². The predicted molar refractivity (Wildman–Crippen MR) is 43.7 cm³/mol. The lowest BCUT2D eigenvalue weighted by Gasteiger charge is -2.09. The SMILES string of the molecule is [CH2]C(NC=O)c1ccc(F)cc1. The van der Waals surface area contributed by atoms with Gasteiger partial charge in [-0.25, -0.2) is 4.39 Å². The molecule has 0 aromatic heterocycles. The maximum Gasteiger partial charge on any atom is 0.207 e. The van der Waals surface area contributed by atoms with Gasteiger partial charge >= 0.3 is 0 Å². The highest BCUT2D eigenvalue weighted by Crippen LogP contribution is 2.11. The fourth-order valence-corrected chi connectivity index (χ4v) is 0.873. The van der Waals surface area contributed by atoms with Crippen LogP contribution in [0.1, 0.15) is 11.6 Å². The number of nitrogens with one attached hydrogen (secondary N) is 1. The summed E-state index contributed by atoms with van der Waals surface area (Å²) in [6.45, 7) is 3.66. The lowest BCUT2D eigenvalue weighted by molar-refractivity contribution is -0.109. The molecule has 1 aromatic rings. The van der Waals surface area contributed by atoms with E-state index in [1.54, 1.807) is 12.1 Å². The van der Waals surface area contributed by atoms with Crippen LogP contribution in [0.2, 0.25) is 0 Å². The molecule has 12 heavy (non-hydrogen) atoms. The molecule has 1 aromatic carbocycles. The molecule has 1 radical (unpaired) electrons. The molecular formula is C9H9FNO. The molecule has 1 rings (SSSR count). The first-order valence-corrected chi connectivity index (χ1v) is 3.52. The van der Waals surface area contributed by atoms with Crippen LogP contribution in [0, 0.1) is 12.7 Å². The van der Waals surface area contributed by atoms with Gasteiger partial charge in [-0.15, -0.1) is 0 Å². The minimum atomic E-state index is -0.317. The van der Waals surface area contributed by atoms with Crippen molar-refractivity contribution >= 4 is 6.41 Å². The number of carbonyl (C=O) groups excluding carboxylic acids is 1. The molecule has 0 saturated heterocycles. The van der Waals surface area contributed by atoms with E-state index < -0.39 is 0 Å². The van der Waals surface area contributed by atoms with Gasteiger partial charge in [-0.3, -0.25) is 4.79 Å². The van der Waals surface area contributed by atoms with Gasteiger partial charge in [0.1, 0.15) is 5.82 Å². The molecule has 0 aliphatic carbocycles. The Kier molecular flexibility index (Phi) is 2.80. The summed E-state index contributed by atoms with van der Waals surface area (Å²) < 4.78 is 12.4. The minimum Gasteiger partial charge on any atom is -0.352 e.